The quantitative estimate of drug-likeness (QED) is 0.775. The van der Waals surface area contributed by atoms with Gasteiger partial charge in [0.1, 0.15) is 0 Å². The number of hydrogen-bond donors (Lipinski definition) is 3. The molecule has 0 aliphatic heterocycles. The molecule has 0 saturated heterocycles. The van der Waals surface area contributed by atoms with Crippen molar-refractivity contribution in [1.82, 2.24) is 0 Å². The van der Waals surface area contributed by atoms with Crippen molar-refractivity contribution in [3.05, 3.63) is 23.2 Å². The summed E-state index contributed by atoms with van der Waals surface area (Å²) in [4.78, 5) is 22.8. The van der Waals surface area contributed by atoms with Crippen molar-refractivity contribution in [3.8, 4) is 0 Å². The van der Waals surface area contributed by atoms with Crippen LogP contribution in [0.1, 0.15) is 20.3 Å². The SMILES string of the molecule is CCC(CN)C(=O)Nc1ccc(NC(C)=O)c(Cl)c1. The molecule has 4 N–H and O–H groups in total. The highest BCUT2D eigenvalue weighted by atomic mass is 35.5. The van der Waals surface area contributed by atoms with Crippen LogP contribution in [-0.2, 0) is 9.59 Å². The third-order valence-electron chi connectivity index (χ3n) is 2.70. The van der Waals surface area contributed by atoms with E-state index in [0.29, 0.717) is 29.4 Å². The Hall–Kier alpha value is -1.59. The summed E-state index contributed by atoms with van der Waals surface area (Å²) >= 11 is 6.01. The van der Waals surface area contributed by atoms with E-state index >= 15 is 0 Å². The Kier molecular flexibility index (Phi) is 5.79. The maximum Gasteiger partial charge on any atom is 0.228 e. The number of carbonyl (C=O) groups is 2. The first-order valence-corrected chi connectivity index (χ1v) is 6.43. The average molecular weight is 284 g/mol. The Labute approximate surface area is 117 Å². The molecular formula is C13H18ClN3O2. The molecule has 0 radical (unpaired) electrons. The second-order valence-corrected chi connectivity index (χ2v) is 4.61. The normalized spacial score (nSPS) is 11.8. The van der Waals surface area contributed by atoms with Gasteiger partial charge in [-0.1, -0.05) is 18.5 Å². The first-order valence-electron chi connectivity index (χ1n) is 6.06. The molecule has 5 nitrogen and oxygen atoms in total. The number of anilines is 2. The predicted molar refractivity (Wildman–Crippen MR) is 77.2 cm³/mol. The van der Waals surface area contributed by atoms with Crippen molar-refractivity contribution >= 4 is 34.8 Å². The lowest BCUT2D eigenvalue weighted by atomic mass is 10.1. The van der Waals surface area contributed by atoms with Crippen LogP contribution in [0.2, 0.25) is 5.02 Å². The third-order valence-corrected chi connectivity index (χ3v) is 3.01. The predicted octanol–water partition coefficient (Wildman–Crippen LogP) is 2.22. The molecule has 0 aliphatic carbocycles. The van der Waals surface area contributed by atoms with Gasteiger partial charge < -0.3 is 16.4 Å². The van der Waals surface area contributed by atoms with Crippen LogP contribution < -0.4 is 16.4 Å². The van der Waals surface area contributed by atoms with Gasteiger partial charge >= 0.3 is 0 Å². The summed E-state index contributed by atoms with van der Waals surface area (Å²) in [5.74, 6) is -0.546. The second kappa shape index (κ2) is 7.11. The van der Waals surface area contributed by atoms with E-state index in [-0.39, 0.29) is 17.7 Å². The minimum absolute atomic E-state index is 0.131. The third kappa shape index (κ3) is 4.54. The van der Waals surface area contributed by atoms with Crippen LogP contribution in [0.15, 0.2) is 18.2 Å². The molecule has 1 aromatic rings. The summed E-state index contributed by atoms with van der Waals surface area (Å²) < 4.78 is 0. The Morgan fingerprint density at radius 2 is 2.05 bits per heavy atom. The minimum Gasteiger partial charge on any atom is -0.330 e. The average Bonchev–Trinajstić information content (AvgIpc) is 2.33. The Balaban J connectivity index is 2.78. The largest absolute Gasteiger partial charge is 0.330 e. The van der Waals surface area contributed by atoms with Crippen LogP contribution in [0.5, 0.6) is 0 Å². The van der Waals surface area contributed by atoms with Gasteiger partial charge in [-0.3, -0.25) is 9.59 Å². The molecule has 19 heavy (non-hydrogen) atoms. The molecular weight excluding hydrogens is 266 g/mol. The molecule has 2 amide bonds. The van der Waals surface area contributed by atoms with Gasteiger partial charge in [0.2, 0.25) is 11.8 Å². The summed E-state index contributed by atoms with van der Waals surface area (Å²) in [6.45, 7) is 3.61. The lowest BCUT2D eigenvalue weighted by Crippen LogP contribution is -2.28. The van der Waals surface area contributed by atoms with Crippen molar-refractivity contribution in [2.75, 3.05) is 17.2 Å². The maximum atomic E-state index is 11.8. The number of rotatable bonds is 5. The zero-order valence-corrected chi connectivity index (χ0v) is 11.8. The van der Waals surface area contributed by atoms with E-state index in [0.717, 1.165) is 0 Å². The number of halogens is 1. The molecule has 1 atom stereocenters. The van der Waals surface area contributed by atoms with E-state index in [1.807, 2.05) is 6.92 Å². The van der Waals surface area contributed by atoms with Crippen molar-refractivity contribution in [2.45, 2.75) is 20.3 Å². The molecule has 0 fully saturated rings. The molecule has 0 spiro atoms. The topological polar surface area (TPSA) is 84.2 Å². The number of nitrogens with two attached hydrogens (primary N) is 1. The van der Waals surface area contributed by atoms with E-state index < -0.39 is 0 Å². The Bertz CT molecular complexity index is 473. The van der Waals surface area contributed by atoms with Crippen molar-refractivity contribution in [3.63, 3.8) is 0 Å². The summed E-state index contributed by atoms with van der Waals surface area (Å²) in [5.41, 5.74) is 6.60. The van der Waals surface area contributed by atoms with Gasteiger partial charge in [-0.05, 0) is 24.6 Å². The summed E-state index contributed by atoms with van der Waals surface area (Å²) in [5, 5.41) is 5.71. The standard InChI is InChI=1S/C13H18ClN3O2/c1-3-9(7-15)13(19)17-10-4-5-12(11(14)6-10)16-8(2)18/h4-6,9H,3,7,15H2,1-2H3,(H,16,18)(H,17,19). The highest BCUT2D eigenvalue weighted by molar-refractivity contribution is 6.34. The van der Waals surface area contributed by atoms with Crippen LogP contribution in [0.4, 0.5) is 11.4 Å². The lowest BCUT2D eigenvalue weighted by molar-refractivity contribution is -0.119. The molecule has 1 aromatic carbocycles. The molecule has 0 aromatic heterocycles. The van der Waals surface area contributed by atoms with Crippen LogP contribution >= 0.6 is 11.6 Å². The lowest BCUT2D eigenvalue weighted by Gasteiger charge is -2.13. The Morgan fingerprint density at radius 1 is 1.37 bits per heavy atom. The highest BCUT2D eigenvalue weighted by Gasteiger charge is 2.15. The van der Waals surface area contributed by atoms with Gasteiger partial charge in [0.15, 0.2) is 0 Å². The van der Waals surface area contributed by atoms with E-state index in [9.17, 15) is 9.59 Å². The fourth-order valence-corrected chi connectivity index (χ4v) is 1.82. The molecule has 0 aliphatic rings. The minimum atomic E-state index is -0.214. The number of nitrogens with one attached hydrogen (secondary N) is 2. The van der Waals surface area contributed by atoms with Crippen molar-refractivity contribution < 1.29 is 9.59 Å². The van der Waals surface area contributed by atoms with E-state index in [4.69, 9.17) is 17.3 Å². The number of carbonyl (C=O) groups excluding carboxylic acids is 2. The van der Waals surface area contributed by atoms with E-state index in [1.165, 1.54) is 6.92 Å². The smallest absolute Gasteiger partial charge is 0.228 e. The molecule has 0 saturated carbocycles. The summed E-state index contributed by atoms with van der Waals surface area (Å²) in [7, 11) is 0. The fourth-order valence-electron chi connectivity index (χ4n) is 1.59. The molecule has 0 bridgehead atoms. The van der Waals surface area contributed by atoms with Gasteiger partial charge in [-0.25, -0.2) is 0 Å². The van der Waals surface area contributed by atoms with Crippen LogP contribution in [0.3, 0.4) is 0 Å². The van der Waals surface area contributed by atoms with Crippen LogP contribution in [0, 0.1) is 5.92 Å². The molecule has 6 heteroatoms. The van der Waals surface area contributed by atoms with Crippen molar-refractivity contribution in [1.29, 1.82) is 0 Å². The zero-order chi connectivity index (χ0) is 14.4. The monoisotopic (exact) mass is 283 g/mol. The maximum absolute atomic E-state index is 11.8. The molecule has 1 rings (SSSR count). The van der Waals surface area contributed by atoms with Crippen molar-refractivity contribution in [2.24, 2.45) is 11.7 Å². The van der Waals surface area contributed by atoms with Crippen LogP contribution in [0.25, 0.3) is 0 Å². The molecule has 104 valence electrons. The van der Waals surface area contributed by atoms with Gasteiger partial charge in [0, 0.05) is 19.2 Å². The molecule has 1 unspecified atom stereocenters. The zero-order valence-electron chi connectivity index (χ0n) is 11.0. The highest BCUT2D eigenvalue weighted by Crippen LogP contribution is 2.25. The Morgan fingerprint density at radius 3 is 2.53 bits per heavy atom. The summed E-state index contributed by atoms with van der Waals surface area (Å²) in [6.07, 6.45) is 0.681. The number of hydrogen-bond acceptors (Lipinski definition) is 3. The number of amides is 2. The van der Waals surface area contributed by atoms with E-state index in [1.54, 1.807) is 18.2 Å². The van der Waals surface area contributed by atoms with Gasteiger partial charge in [-0.2, -0.15) is 0 Å². The van der Waals surface area contributed by atoms with Crippen LogP contribution in [-0.4, -0.2) is 18.4 Å². The van der Waals surface area contributed by atoms with Gasteiger partial charge in [-0.15, -0.1) is 0 Å². The first-order chi connectivity index (χ1) is 8.97. The second-order valence-electron chi connectivity index (χ2n) is 4.21. The van der Waals surface area contributed by atoms with Gasteiger partial charge in [0.05, 0.1) is 16.6 Å². The summed E-state index contributed by atoms with van der Waals surface area (Å²) in [6, 6.07) is 4.91. The van der Waals surface area contributed by atoms with E-state index in [2.05, 4.69) is 10.6 Å². The first kappa shape index (κ1) is 15.5. The number of benzene rings is 1. The molecule has 0 heterocycles. The fraction of sp³-hybridized carbons (Fsp3) is 0.385. The van der Waals surface area contributed by atoms with Gasteiger partial charge in [0.25, 0.3) is 0 Å².